The summed E-state index contributed by atoms with van der Waals surface area (Å²) in [5, 5.41) is 2.62. The molecule has 2 N–H and O–H groups in total. The summed E-state index contributed by atoms with van der Waals surface area (Å²) in [6, 6.07) is 25.2. The van der Waals surface area contributed by atoms with Crippen LogP contribution in [-0.4, -0.2) is 14.9 Å². The summed E-state index contributed by atoms with van der Waals surface area (Å²) < 4.78 is 12.3. The minimum atomic E-state index is -2.45. The van der Waals surface area contributed by atoms with Crippen LogP contribution in [0.5, 0.6) is 0 Å². The molecule has 0 aliphatic heterocycles. The Morgan fingerprint density at radius 1 is 0.893 bits per heavy atom. The van der Waals surface area contributed by atoms with Crippen molar-refractivity contribution in [2.24, 2.45) is 5.73 Å². The molecule has 0 saturated carbocycles. The largest absolute Gasteiger partial charge is 0.468 e. The molecule has 0 aliphatic rings. The van der Waals surface area contributed by atoms with Crippen molar-refractivity contribution in [1.82, 2.24) is 0 Å². The van der Waals surface area contributed by atoms with Crippen LogP contribution in [0.4, 0.5) is 0 Å². The summed E-state index contributed by atoms with van der Waals surface area (Å²) in [6.07, 6.45) is 3.41. The number of hydrogen-bond acceptors (Lipinski definition) is 3. The van der Waals surface area contributed by atoms with Crippen LogP contribution in [0, 0.1) is 0 Å². The first-order chi connectivity index (χ1) is 13.4. The molecule has 1 unspecified atom stereocenters. The molecule has 1 aromatic heterocycles. The van der Waals surface area contributed by atoms with Gasteiger partial charge in [0.1, 0.15) is 5.76 Å². The van der Waals surface area contributed by atoms with Crippen molar-refractivity contribution in [3.05, 3.63) is 84.8 Å². The molecule has 1 atom stereocenters. The Labute approximate surface area is 169 Å². The molecule has 148 valence electrons. The number of benzene rings is 2. The Morgan fingerprint density at radius 2 is 1.46 bits per heavy atom. The second-order valence-electron chi connectivity index (χ2n) is 8.28. The molecule has 0 bridgehead atoms. The summed E-state index contributed by atoms with van der Waals surface area (Å²) >= 11 is 0. The van der Waals surface area contributed by atoms with Crippen LogP contribution in [0.15, 0.2) is 83.5 Å². The highest BCUT2D eigenvalue weighted by Crippen LogP contribution is 2.36. The second-order valence-corrected chi connectivity index (χ2v) is 12.6. The van der Waals surface area contributed by atoms with Crippen LogP contribution in [0.2, 0.25) is 5.04 Å². The SMILES string of the molecule is CC(C)(C)[Si](OCCCC(N)c1ccco1)(c1ccccc1)c1ccccc1. The Morgan fingerprint density at radius 3 is 1.93 bits per heavy atom. The molecule has 1 heterocycles. The normalized spacial score (nSPS) is 13.4. The van der Waals surface area contributed by atoms with Gasteiger partial charge in [0.05, 0.1) is 12.3 Å². The molecular formula is C24H31NO2Si. The number of hydrogen-bond donors (Lipinski definition) is 1. The van der Waals surface area contributed by atoms with E-state index in [9.17, 15) is 0 Å². The first-order valence-corrected chi connectivity index (χ1v) is 11.9. The van der Waals surface area contributed by atoms with Gasteiger partial charge in [0.2, 0.25) is 0 Å². The third-order valence-electron chi connectivity index (χ3n) is 5.30. The molecule has 2 aromatic carbocycles. The van der Waals surface area contributed by atoms with Crippen molar-refractivity contribution in [3.63, 3.8) is 0 Å². The van der Waals surface area contributed by atoms with Gasteiger partial charge in [-0.1, -0.05) is 81.4 Å². The van der Waals surface area contributed by atoms with Crippen molar-refractivity contribution in [3.8, 4) is 0 Å². The zero-order valence-corrected chi connectivity index (χ0v) is 18.1. The van der Waals surface area contributed by atoms with E-state index in [1.165, 1.54) is 10.4 Å². The van der Waals surface area contributed by atoms with Gasteiger partial charge in [-0.25, -0.2) is 0 Å². The molecule has 0 saturated heterocycles. The van der Waals surface area contributed by atoms with Gasteiger partial charge in [-0.15, -0.1) is 0 Å². The van der Waals surface area contributed by atoms with Crippen LogP contribution in [0.3, 0.4) is 0 Å². The fourth-order valence-corrected chi connectivity index (χ4v) is 8.54. The highest BCUT2D eigenvalue weighted by atomic mass is 28.4. The molecule has 28 heavy (non-hydrogen) atoms. The summed E-state index contributed by atoms with van der Waals surface area (Å²) in [7, 11) is -2.45. The van der Waals surface area contributed by atoms with E-state index in [2.05, 4.69) is 81.4 Å². The topological polar surface area (TPSA) is 48.4 Å². The van der Waals surface area contributed by atoms with E-state index < -0.39 is 8.32 Å². The number of furan rings is 1. The van der Waals surface area contributed by atoms with Gasteiger partial charge in [0.15, 0.2) is 0 Å². The van der Waals surface area contributed by atoms with Crippen LogP contribution < -0.4 is 16.1 Å². The fourth-order valence-electron chi connectivity index (χ4n) is 3.93. The molecule has 0 fully saturated rings. The Kier molecular flexibility index (Phi) is 6.55. The van der Waals surface area contributed by atoms with Crippen molar-refractivity contribution in [1.29, 1.82) is 0 Å². The summed E-state index contributed by atoms with van der Waals surface area (Å²) in [4.78, 5) is 0. The predicted octanol–water partition coefficient (Wildman–Crippen LogP) is 4.64. The average molecular weight is 394 g/mol. The lowest BCUT2D eigenvalue weighted by Crippen LogP contribution is -2.66. The van der Waals surface area contributed by atoms with E-state index in [4.69, 9.17) is 14.6 Å². The third-order valence-corrected chi connectivity index (χ3v) is 10.3. The average Bonchev–Trinajstić information content (AvgIpc) is 3.23. The standard InChI is InChI=1S/C24H31NO2Si/c1-24(2,3)28(20-12-6-4-7-13-20,21-14-8-5-9-15-21)27-19-10-16-22(25)23-17-11-18-26-23/h4-9,11-15,17-18,22H,10,16,19,25H2,1-3H3. The van der Waals surface area contributed by atoms with Crippen LogP contribution in [0.25, 0.3) is 0 Å². The molecule has 0 amide bonds. The van der Waals surface area contributed by atoms with Crippen molar-refractivity contribution < 1.29 is 8.84 Å². The van der Waals surface area contributed by atoms with Crippen LogP contribution >= 0.6 is 0 Å². The smallest absolute Gasteiger partial charge is 0.261 e. The van der Waals surface area contributed by atoms with Gasteiger partial charge < -0.3 is 14.6 Å². The number of rotatable bonds is 8. The van der Waals surface area contributed by atoms with E-state index >= 15 is 0 Å². The minimum absolute atomic E-state index is 0.00116. The van der Waals surface area contributed by atoms with Crippen molar-refractivity contribution >= 4 is 18.7 Å². The van der Waals surface area contributed by atoms with Gasteiger partial charge in [-0.3, -0.25) is 0 Å². The molecule has 3 aromatic rings. The maximum Gasteiger partial charge on any atom is 0.261 e. The lowest BCUT2D eigenvalue weighted by Gasteiger charge is -2.43. The first kappa shape index (κ1) is 20.6. The van der Waals surface area contributed by atoms with Gasteiger partial charge >= 0.3 is 0 Å². The molecule has 4 heteroatoms. The van der Waals surface area contributed by atoms with Crippen molar-refractivity contribution in [2.45, 2.75) is 44.7 Å². The van der Waals surface area contributed by atoms with Crippen molar-refractivity contribution in [2.75, 3.05) is 6.61 Å². The van der Waals surface area contributed by atoms with E-state index in [0.29, 0.717) is 6.61 Å². The molecule has 0 spiro atoms. The van der Waals surface area contributed by atoms with Gasteiger partial charge in [0.25, 0.3) is 8.32 Å². The quantitative estimate of drug-likeness (QED) is 0.448. The minimum Gasteiger partial charge on any atom is -0.468 e. The lowest BCUT2D eigenvalue weighted by atomic mass is 10.1. The number of nitrogens with two attached hydrogens (primary N) is 1. The predicted molar refractivity (Wildman–Crippen MR) is 118 cm³/mol. The molecule has 0 radical (unpaired) electrons. The highest BCUT2D eigenvalue weighted by molar-refractivity contribution is 6.99. The third kappa shape index (κ3) is 4.30. The molecule has 3 rings (SSSR count). The molecule has 3 nitrogen and oxygen atoms in total. The fraction of sp³-hybridized carbons (Fsp3) is 0.333. The maximum absolute atomic E-state index is 6.89. The van der Waals surface area contributed by atoms with Crippen LogP contribution in [0.1, 0.15) is 45.4 Å². The summed E-state index contributed by atoms with van der Waals surface area (Å²) in [5.41, 5.74) is 6.26. The zero-order chi connectivity index (χ0) is 20.0. The lowest BCUT2D eigenvalue weighted by molar-refractivity contribution is 0.281. The van der Waals surface area contributed by atoms with Gasteiger partial charge in [-0.2, -0.15) is 0 Å². The summed E-state index contributed by atoms with van der Waals surface area (Å²) in [5.74, 6) is 0.838. The maximum atomic E-state index is 6.89. The Bertz CT molecular complexity index is 787. The Hall–Kier alpha value is -2.14. The monoisotopic (exact) mass is 393 g/mol. The van der Waals surface area contributed by atoms with Crippen LogP contribution in [-0.2, 0) is 4.43 Å². The van der Waals surface area contributed by atoms with E-state index in [0.717, 1.165) is 18.6 Å². The zero-order valence-electron chi connectivity index (χ0n) is 17.1. The highest BCUT2D eigenvalue weighted by Gasteiger charge is 2.49. The molecular weight excluding hydrogens is 362 g/mol. The first-order valence-electron chi connectivity index (χ1n) is 9.99. The second kappa shape index (κ2) is 8.91. The summed E-state index contributed by atoms with van der Waals surface area (Å²) in [6.45, 7) is 7.58. The molecule has 0 aliphatic carbocycles. The van der Waals surface area contributed by atoms with E-state index in [-0.39, 0.29) is 11.1 Å². The van der Waals surface area contributed by atoms with Gasteiger partial charge in [0, 0.05) is 6.61 Å². The van der Waals surface area contributed by atoms with E-state index in [1.807, 2.05) is 12.1 Å². The van der Waals surface area contributed by atoms with Gasteiger partial charge in [-0.05, 0) is 40.4 Å². The Balaban J connectivity index is 1.84. The van der Waals surface area contributed by atoms with E-state index in [1.54, 1.807) is 6.26 Å².